The Kier molecular flexibility index (Phi) is 7.69. The summed E-state index contributed by atoms with van der Waals surface area (Å²) in [5, 5.41) is 47.9. The molecular weight excluding hydrogens is 530 g/mol. The fourth-order valence-electron chi connectivity index (χ4n) is 6.28. The van der Waals surface area contributed by atoms with Crippen LogP contribution < -0.4 is 16.0 Å². The average Bonchev–Trinajstić information content (AvgIpc) is 2.87. The second kappa shape index (κ2) is 10.5. The van der Waals surface area contributed by atoms with Crippen LogP contribution in [0.25, 0.3) is 5.76 Å². The molecule has 0 radical (unpaired) electrons. The Morgan fingerprint density at radius 2 is 1.80 bits per heavy atom. The summed E-state index contributed by atoms with van der Waals surface area (Å²) in [5.74, 6) is -7.36. The quantitative estimate of drug-likeness (QED) is 0.243. The number of phenols is 1. The summed E-state index contributed by atoms with van der Waals surface area (Å²) in [5.41, 5.74) is 2.62. The number of carbonyl (C=O) groups excluding carboxylic acids is 3. The molecule has 0 spiro atoms. The SMILES string of the molecule is CN(C)c1cc(CNC(CF)CF)c(O)c2c1C[C@H]1C[C@H]3[C@H](N(C)C)C(=O)C(C(N)=O)=C(O)[C@@]3(O)C(=O)C1=C2O. The van der Waals surface area contributed by atoms with Crippen LogP contribution in [0, 0.1) is 11.8 Å². The van der Waals surface area contributed by atoms with E-state index in [2.05, 4.69) is 5.32 Å². The highest BCUT2D eigenvalue weighted by atomic mass is 19.1. The molecule has 7 N–H and O–H groups in total. The number of hydrogen-bond acceptors (Lipinski definition) is 10. The molecular formula is C27H34F2N4O7. The first-order valence-electron chi connectivity index (χ1n) is 12.8. The summed E-state index contributed by atoms with van der Waals surface area (Å²) >= 11 is 0. The number of nitrogens with zero attached hydrogens (tertiary/aromatic N) is 2. The van der Waals surface area contributed by atoms with Gasteiger partial charge in [0.15, 0.2) is 11.4 Å². The number of aromatic hydroxyl groups is 1. The van der Waals surface area contributed by atoms with E-state index >= 15 is 0 Å². The monoisotopic (exact) mass is 564 g/mol. The van der Waals surface area contributed by atoms with Crippen molar-refractivity contribution in [1.29, 1.82) is 0 Å². The number of alkyl halides is 2. The molecule has 0 unspecified atom stereocenters. The lowest BCUT2D eigenvalue weighted by Crippen LogP contribution is -2.65. The Hall–Kier alpha value is -3.55. The molecule has 0 saturated heterocycles. The van der Waals surface area contributed by atoms with Crippen molar-refractivity contribution in [3.05, 3.63) is 39.7 Å². The number of fused-ring (bicyclic) bond motifs is 3. The zero-order valence-electron chi connectivity index (χ0n) is 22.7. The number of rotatable bonds is 8. The Balaban J connectivity index is 1.93. The number of carbonyl (C=O) groups is 3. The molecule has 1 amide bonds. The summed E-state index contributed by atoms with van der Waals surface area (Å²) in [7, 11) is 6.52. The number of Topliss-reactive ketones (excluding diaryl/α,β-unsaturated/α-hetero) is 2. The average molecular weight is 565 g/mol. The zero-order valence-corrected chi connectivity index (χ0v) is 22.7. The number of hydrogen-bond donors (Lipinski definition) is 6. The number of halogens is 2. The fraction of sp³-hybridized carbons (Fsp3) is 0.519. The van der Waals surface area contributed by atoms with Gasteiger partial charge in [0.05, 0.1) is 17.6 Å². The summed E-state index contributed by atoms with van der Waals surface area (Å²) < 4.78 is 26.1. The van der Waals surface area contributed by atoms with E-state index in [0.717, 1.165) is 0 Å². The van der Waals surface area contributed by atoms with Crippen molar-refractivity contribution in [2.45, 2.75) is 37.1 Å². The van der Waals surface area contributed by atoms with Gasteiger partial charge in [0.1, 0.15) is 36.2 Å². The maximum Gasteiger partial charge on any atom is 0.255 e. The number of aliphatic hydroxyl groups excluding tert-OH is 2. The number of phenolic OH excluding ortho intramolecular Hbond substituents is 1. The van der Waals surface area contributed by atoms with E-state index in [1.54, 1.807) is 25.1 Å². The molecule has 1 saturated carbocycles. The van der Waals surface area contributed by atoms with Gasteiger partial charge in [-0.05, 0) is 44.5 Å². The first kappa shape index (κ1) is 29.4. The number of benzene rings is 1. The van der Waals surface area contributed by atoms with Crippen LogP contribution >= 0.6 is 0 Å². The van der Waals surface area contributed by atoms with Crippen LogP contribution in [0.2, 0.25) is 0 Å². The van der Waals surface area contributed by atoms with Crippen LogP contribution in [0.3, 0.4) is 0 Å². The van der Waals surface area contributed by atoms with Crippen molar-refractivity contribution < 1.29 is 43.6 Å². The molecule has 4 rings (SSSR count). The third-order valence-corrected chi connectivity index (χ3v) is 8.21. The molecule has 1 aromatic carbocycles. The lowest BCUT2D eigenvalue weighted by molar-refractivity contribution is -0.153. The molecule has 1 aromatic rings. The molecule has 0 aromatic heterocycles. The summed E-state index contributed by atoms with van der Waals surface area (Å²) in [4.78, 5) is 42.4. The number of likely N-dealkylation sites (N-methyl/N-ethyl adjacent to an activating group) is 1. The second-order valence-corrected chi connectivity index (χ2v) is 11.0. The summed E-state index contributed by atoms with van der Waals surface area (Å²) in [6.45, 7) is -2.11. The molecule has 0 bridgehead atoms. The Labute approximate surface area is 229 Å². The van der Waals surface area contributed by atoms with E-state index in [9.17, 15) is 43.6 Å². The van der Waals surface area contributed by atoms with Gasteiger partial charge in [0.2, 0.25) is 5.78 Å². The van der Waals surface area contributed by atoms with Crippen LogP contribution in [0.4, 0.5) is 14.5 Å². The highest BCUT2D eigenvalue weighted by Gasteiger charge is 2.64. The molecule has 40 heavy (non-hydrogen) atoms. The number of primary amides is 1. The van der Waals surface area contributed by atoms with E-state index in [1.165, 1.54) is 19.0 Å². The molecule has 3 aliphatic carbocycles. The molecule has 13 heteroatoms. The van der Waals surface area contributed by atoms with Crippen molar-refractivity contribution in [2.75, 3.05) is 46.4 Å². The molecule has 218 valence electrons. The Bertz CT molecular complexity index is 1340. The standard InChI is InChI=1S/C27H34F2N4O7/c1-32(2)16-7-12(10-31-13(8-28)9-29)21(34)18-14(16)5-11-6-15-20(33(3)4)23(36)19(26(30)39)25(38)27(15,40)24(37)17(11)22(18)35/h7,11,13,15,20,31,34-35,38,40H,5-6,8-10H2,1-4H3,(H2,30,39)/t11-,15-,20-,27-/m0/s1. The maximum absolute atomic E-state index is 14.0. The van der Waals surface area contributed by atoms with E-state index in [4.69, 9.17) is 5.73 Å². The number of nitrogens with one attached hydrogen (secondary N) is 1. The predicted molar refractivity (Wildman–Crippen MR) is 141 cm³/mol. The fourth-order valence-corrected chi connectivity index (χ4v) is 6.28. The van der Waals surface area contributed by atoms with Crippen LogP contribution in [0.5, 0.6) is 5.75 Å². The third kappa shape index (κ3) is 4.23. The minimum atomic E-state index is -2.74. The number of amides is 1. The molecule has 4 atom stereocenters. The normalized spacial score (nSPS) is 26.3. The highest BCUT2D eigenvalue weighted by molar-refractivity contribution is 6.24. The van der Waals surface area contributed by atoms with E-state index in [-0.39, 0.29) is 36.1 Å². The van der Waals surface area contributed by atoms with Crippen LogP contribution in [0.1, 0.15) is 23.1 Å². The van der Waals surface area contributed by atoms with Crippen molar-refractivity contribution in [3.63, 3.8) is 0 Å². The topological polar surface area (TPSA) is 177 Å². The van der Waals surface area contributed by atoms with Crippen LogP contribution in [-0.2, 0) is 27.3 Å². The Morgan fingerprint density at radius 1 is 1.18 bits per heavy atom. The van der Waals surface area contributed by atoms with Crippen molar-refractivity contribution in [1.82, 2.24) is 10.2 Å². The maximum atomic E-state index is 14.0. The van der Waals surface area contributed by atoms with E-state index in [1.807, 2.05) is 0 Å². The first-order valence-corrected chi connectivity index (χ1v) is 12.8. The van der Waals surface area contributed by atoms with E-state index in [0.29, 0.717) is 11.3 Å². The zero-order chi connectivity index (χ0) is 29.8. The second-order valence-electron chi connectivity index (χ2n) is 11.0. The van der Waals surface area contributed by atoms with Crippen LogP contribution in [-0.4, -0.2) is 102 Å². The lowest BCUT2D eigenvalue weighted by Gasteiger charge is -2.50. The van der Waals surface area contributed by atoms with Gasteiger partial charge in [0, 0.05) is 43.4 Å². The summed E-state index contributed by atoms with van der Waals surface area (Å²) in [6, 6.07) is -0.658. The lowest BCUT2D eigenvalue weighted by atomic mass is 9.57. The summed E-state index contributed by atoms with van der Waals surface area (Å²) in [6.07, 6.45) is 0.0955. The molecule has 1 fully saturated rings. The van der Waals surface area contributed by atoms with Crippen molar-refractivity contribution in [2.24, 2.45) is 17.6 Å². The van der Waals surface area contributed by atoms with Gasteiger partial charge in [-0.15, -0.1) is 0 Å². The number of anilines is 1. The predicted octanol–water partition coefficient (Wildman–Crippen LogP) is 0.427. The smallest absolute Gasteiger partial charge is 0.255 e. The van der Waals surface area contributed by atoms with Gasteiger partial charge in [-0.25, -0.2) is 8.78 Å². The van der Waals surface area contributed by atoms with Gasteiger partial charge in [-0.1, -0.05) is 0 Å². The van der Waals surface area contributed by atoms with Gasteiger partial charge in [0.25, 0.3) is 5.91 Å². The number of nitrogens with two attached hydrogens (primary N) is 1. The molecule has 0 heterocycles. The van der Waals surface area contributed by atoms with Gasteiger partial charge in [-0.2, -0.15) is 0 Å². The van der Waals surface area contributed by atoms with E-state index < -0.39 is 83.2 Å². The molecule has 0 aliphatic heterocycles. The first-order chi connectivity index (χ1) is 18.7. The third-order valence-electron chi connectivity index (χ3n) is 8.21. The number of aliphatic hydroxyl groups is 3. The van der Waals surface area contributed by atoms with Gasteiger partial charge >= 0.3 is 0 Å². The largest absolute Gasteiger partial charge is 0.508 e. The number of ketones is 2. The van der Waals surface area contributed by atoms with Crippen LogP contribution in [0.15, 0.2) is 23.0 Å². The molecule has 3 aliphatic rings. The van der Waals surface area contributed by atoms with Gasteiger partial charge < -0.3 is 36.4 Å². The highest BCUT2D eigenvalue weighted by Crippen LogP contribution is 2.54. The molecule has 11 nitrogen and oxygen atoms in total. The van der Waals surface area contributed by atoms with Crippen molar-refractivity contribution >= 4 is 28.9 Å². The van der Waals surface area contributed by atoms with Crippen molar-refractivity contribution in [3.8, 4) is 5.75 Å². The Morgan fingerprint density at radius 3 is 2.33 bits per heavy atom. The van der Waals surface area contributed by atoms with Gasteiger partial charge in [-0.3, -0.25) is 19.3 Å². The minimum Gasteiger partial charge on any atom is -0.508 e. The minimum absolute atomic E-state index is 0.0304.